The zero-order valence-corrected chi connectivity index (χ0v) is 9.39. The van der Waals surface area contributed by atoms with Gasteiger partial charge in [0.1, 0.15) is 12.4 Å². The van der Waals surface area contributed by atoms with Crippen molar-refractivity contribution >= 4 is 0 Å². The Morgan fingerprint density at radius 3 is 2.94 bits per heavy atom. The fraction of sp³-hybridized carbons (Fsp3) is 0.600. The lowest BCUT2D eigenvalue weighted by Gasteiger charge is -2.06. The summed E-state index contributed by atoms with van der Waals surface area (Å²) < 4.78 is 11.7. The van der Waals surface area contributed by atoms with Gasteiger partial charge in [-0.1, -0.05) is 0 Å². The molecule has 0 atom stereocenters. The third-order valence-corrected chi connectivity index (χ3v) is 1.88. The molecule has 0 aliphatic carbocycles. The predicted octanol–water partition coefficient (Wildman–Crippen LogP) is -0.383. The first-order chi connectivity index (χ1) is 7.77. The Labute approximate surface area is 94.0 Å². The molecule has 0 radical (unpaired) electrons. The van der Waals surface area contributed by atoms with E-state index in [1.165, 1.54) is 16.9 Å². The molecule has 0 unspecified atom stereocenters. The van der Waals surface area contributed by atoms with Gasteiger partial charge >= 0.3 is 0 Å². The molecule has 0 bridgehead atoms. The second-order valence-corrected chi connectivity index (χ2v) is 3.09. The van der Waals surface area contributed by atoms with Crippen LogP contribution in [0.1, 0.15) is 6.92 Å². The highest BCUT2D eigenvalue weighted by molar-refractivity contribution is 5.13. The van der Waals surface area contributed by atoms with Crippen LogP contribution < -0.4 is 16.0 Å². The molecule has 0 spiro atoms. The van der Waals surface area contributed by atoms with Crippen LogP contribution >= 0.6 is 0 Å². The summed E-state index contributed by atoms with van der Waals surface area (Å²) in [6.45, 7) is 4.25. The van der Waals surface area contributed by atoms with E-state index >= 15 is 0 Å². The van der Waals surface area contributed by atoms with Gasteiger partial charge in [0.05, 0.1) is 19.3 Å². The Morgan fingerprint density at radius 1 is 1.50 bits per heavy atom. The largest absolute Gasteiger partial charge is 0.490 e. The highest BCUT2D eigenvalue weighted by atomic mass is 16.5. The van der Waals surface area contributed by atoms with E-state index in [0.717, 1.165) is 0 Å². The van der Waals surface area contributed by atoms with Crippen LogP contribution in [-0.4, -0.2) is 36.1 Å². The van der Waals surface area contributed by atoms with Gasteiger partial charge in [0, 0.05) is 19.2 Å². The molecule has 6 nitrogen and oxygen atoms in total. The average molecular weight is 227 g/mol. The summed E-state index contributed by atoms with van der Waals surface area (Å²) in [5.41, 5.74) is 5.08. The molecule has 0 amide bonds. The molecule has 6 heteroatoms. The zero-order valence-electron chi connectivity index (χ0n) is 9.39. The van der Waals surface area contributed by atoms with Crippen LogP contribution in [0.5, 0.6) is 5.75 Å². The summed E-state index contributed by atoms with van der Waals surface area (Å²) in [5.74, 6) is 0.447. The van der Waals surface area contributed by atoms with Gasteiger partial charge in [-0.3, -0.25) is 4.79 Å². The highest BCUT2D eigenvalue weighted by Crippen LogP contribution is 2.02. The predicted molar refractivity (Wildman–Crippen MR) is 59.5 cm³/mol. The molecule has 1 aromatic rings. The second-order valence-electron chi connectivity index (χ2n) is 3.09. The van der Waals surface area contributed by atoms with Gasteiger partial charge in [-0.25, -0.2) is 4.68 Å². The highest BCUT2D eigenvalue weighted by Gasteiger charge is 2.00. The molecule has 16 heavy (non-hydrogen) atoms. The number of nitrogens with zero attached hydrogens (tertiary/aromatic N) is 2. The number of aromatic nitrogens is 2. The molecule has 1 aromatic heterocycles. The fourth-order valence-corrected chi connectivity index (χ4v) is 1.14. The van der Waals surface area contributed by atoms with Crippen LogP contribution in [0.3, 0.4) is 0 Å². The van der Waals surface area contributed by atoms with E-state index in [2.05, 4.69) is 5.10 Å². The number of rotatable bonds is 7. The summed E-state index contributed by atoms with van der Waals surface area (Å²) >= 11 is 0. The SMILES string of the molecule is CCOCCn1ncc(OCCN)cc1=O. The molecule has 90 valence electrons. The van der Waals surface area contributed by atoms with Crippen molar-refractivity contribution in [2.75, 3.05) is 26.4 Å². The molecule has 2 N–H and O–H groups in total. The van der Waals surface area contributed by atoms with Crippen molar-refractivity contribution in [2.24, 2.45) is 5.73 Å². The van der Waals surface area contributed by atoms with Crippen LogP contribution in [0.4, 0.5) is 0 Å². The Kier molecular flexibility index (Phi) is 5.52. The first-order valence-corrected chi connectivity index (χ1v) is 5.25. The lowest BCUT2D eigenvalue weighted by molar-refractivity contribution is 0.135. The Morgan fingerprint density at radius 2 is 2.31 bits per heavy atom. The Hall–Kier alpha value is -1.40. The number of ether oxygens (including phenoxy) is 2. The molecule has 0 saturated heterocycles. The minimum Gasteiger partial charge on any atom is -0.490 e. The van der Waals surface area contributed by atoms with Crippen molar-refractivity contribution in [3.05, 3.63) is 22.6 Å². The number of hydrogen-bond acceptors (Lipinski definition) is 5. The summed E-state index contributed by atoms with van der Waals surface area (Å²) in [5, 5.41) is 3.96. The summed E-state index contributed by atoms with van der Waals surface area (Å²) in [7, 11) is 0. The molecular formula is C10H17N3O3. The normalized spacial score (nSPS) is 10.4. The van der Waals surface area contributed by atoms with Crippen molar-refractivity contribution < 1.29 is 9.47 Å². The van der Waals surface area contributed by atoms with Gasteiger partial charge in [0.15, 0.2) is 0 Å². The molecule has 0 fully saturated rings. The molecular weight excluding hydrogens is 210 g/mol. The molecule has 1 rings (SSSR count). The fourth-order valence-electron chi connectivity index (χ4n) is 1.14. The maximum Gasteiger partial charge on any atom is 0.270 e. The van der Waals surface area contributed by atoms with E-state index in [0.29, 0.717) is 38.7 Å². The summed E-state index contributed by atoms with van der Waals surface area (Å²) in [6, 6.07) is 1.40. The number of nitrogens with two attached hydrogens (primary N) is 1. The van der Waals surface area contributed by atoms with Gasteiger partial charge in [-0.15, -0.1) is 0 Å². The van der Waals surface area contributed by atoms with Gasteiger partial charge < -0.3 is 15.2 Å². The zero-order chi connectivity index (χ0) is 11.8. The third-order valence-electron chi connectivity index (χ3n) is 1.88. The van der Waals surface area contributed by atoms with Crippen LogP contribution in [0.15, 0.2) is 17.1 Å². The quantitative estimate of drug-likeness (QED) is 0.642. The lowest BCUT2D eigenvalue weighted by atomic mass is 10.5. The molecule has 0 aliphatic heterocycles. The first kappa shape index (κ1) is 12.7. The Balaban J connectivity index is 2.57. The summed E-state index contributed by atoms with van der Waals surface area (Å²) in [4.78, 5) is 11.5. The van der Waals surface area contributed by atoms with Gasteiger partial charge in [0.25, 0.3) is 5.56 Å². The maximum absolute atomic E-state index is 11.5. The molecule has 0 aliphatic rings. The monoisotopic (exact) mass is 227 g/mol. The van der Waals surface area contributed by atoms with Crippen molar-refractivity contribution in [2.45, 2.75) is 13.5 Å². The van der Waals surface area contributed by atoms with E-state index in [-0.39, 0.29) is 5.56 Å². The Bertz CT molecular complexity index is 365. The maximum atomic E-state index is 11.5. The molecule has 1 heterocycles. The third kappa shape index (κ3) is 4.00. The van der Waals surface area contributed by atoms with Gasteiger partial charge in [-0.2, -0.15) is 5.10 Å². The van der Waals surface area contributed by atoms with E-state index in [4.69, 9.17) is 15.2 Å². The number of hydrogen-bond donors (Lipinski definition) is 1. The van der Waals surface area contributed by atoms with E-state index in [1.54, 1.807) is 0 Å². The minimum atomic E-state index is -0.200. The van der Waals surface area contributed by atoms with Crippen LogP contribution in [-0.2, 0) is 11.3 Å². The van der Waals surface area contributed by atoms with E-state index in [1.807, 2.05) is 6.92 Å². The average Bonchev–Trinajstić information content (AvgIpc) is 2.29. The van der Waals surface area contributed by atoms with Crippen LogP contribution in [0.25, 0.3) is 0 Å². The van der Waals surface area contributed by atoms with Crippen molar-refractivity contribution in [1.82, 2.24) is 9.78 Å². The smallest absolute Gasteiger partial charge is 0.270 e. The van der Waals surface area contributed by atoms with Crippen LogP contribution in [0.2, 0.25) is 0 Å². The van der Waals surface area contributed by atoms with Gasteiger partial charge in [-0.05, 0) is 6.92 Å². The van der Waals surface area contributed by atoms with Crippen molar-refractivity contribution in [3.8, 4) is 5.75 Å². The molecule has 0 saturated carbocycles. The van der Waals surface area contributed by atoms with E-state index < -0.39 is 0 Å². The standard InChI is InChI=1S/C10H17N3O3/c1-2-15-6-4-13-10(14)7-9(8-12-13)16-5-3-11/h7-8H,2-6,11H2,1H3. The topological polar surface area (TPSA) is 79.4 Å². The minimum absolute atomic E-state index is 0.200. The molecule has 0 aromatic carbocycles. The summed E-state index contributed by atoms with van der Waals surface area (Å²) in [6.07, 6.45) is 1.50. The lowest BCUT2D eigenvalue weighted by Crippen LogP contribution is -2.24. The van der Waals surface area contributed by atoms with Crippen molar-refractivity contribution in [1.29, 1.82) is 0 Å². The first-order valence-electron chi connectivity index (χ1n) is 5.25. The van der Waals surface area contributed by atoms with Crippen molar-refractivity contribution in [3.63, 3.8) is 0 Å². The second kappa shape index (κ2) is 6.97. The van der Waals surface area contributed by atoms with Gasteiger partial charge in [0.2, 0.25) is 0 Å². The van der Waals surface area contributed by atoms with Crippen LogP contribution in [0, 0.1) is 0 Å². The van der Waals surface area contributed by atoms with E-state index in [9.17, 15) is 4.79 Å².